The van der Waals surface area contributed by atoms with Crippen molar-refractivity contribution in [1.29, 1.82) is 0 Å². The summed E-state index contributed by atoms with van der Waals surface area (Å²) < 4.78 is 0. The number of nitrogens with one attached hydrogen (secondary N) is 3. The van der Waals surface area contributed by atoms with Crippen LogP contribution in [-0.2, 0) is 6.54 Å². The fraction of sp³-hybridized carbons (Fsp3) is 0.167. The van der Waals surface area contributed by atoms with Crippen LogP contribution in [0.3, 0.4) is 0 Å². The molecular weight excluding hydrogens is 284 g/mol. The molecule has 2 aromatic rings. The lowest BCUT2D eigenvalue weighted by atomic mass is 10.3. The summed E-state index contributed by atoms with van der Waals surface area (Å²) in [5, 5.41) is 11.7. The van der Waals surface area contributed by atoms with E-state index in [2.05, 4.69) is 20.9 Å². The van der Waals surface area contributed by atoms with Crippen molar-refractivity contribution in [1.82, 2.24) is 10.3 Å². The van der Waals surface area contributed by atoms with Gasteiger partial charge < -0.3 is 16.0 Å². The molecule has 2 rings (SSSR count). The van der Waals surface area contributed by atoms with Gasteiger partial charge in [0.1, 0.15) is 0 Å². The van der Waals surface area contributed by atoms with Gasteiger partial charge in [0.15, 0.2) is 5.13 Å². The summed E-state index contributed by atoms with van der Waals surface area (Å²) in [5.74, 6) is 0. The van der Waals surface area contributed by atoms with Gasteiger partial charge in [0.05, 0.1) is 12.2 Å². The first-order valence-electron chi connectivity index (χ1n) is 5.60. The molecule has 0 aliphatic rings. The van der Waals surface area contributed by atoms with Crippen LogP contribution >= 0.6 is 22.9 Å². The molecule has 0 aliphatic heterocycles. The van der Waals surface area contributed by atoms with Crippen molar-refractivity contribution in [3.05, 3.63) is 40.4 Å². The van der Waals surface area contributed by atoms with E-state index in [1.54, 1.807) is 24.3 Å². The molecule has 3 N–H and O–H groups in total. The highest BCUT2D eigenvalue weighted by molar-refractivity contribution is 7.13. The average Bonchev–Trinajstić information content (AvgIpc) is 2.87. The molecule has 7 heteroatoms. The number of halogens is 1. The van der Waals surface area contributed by atoms with E-state index in [1.807, 2.05) is 12.4 Å². The van der Waals surface area contributed by atoms with E-state index in [9.17, 15) is 4.79 Å². The van der Waals surface area contributed by atoms with Gasteiger partial charge in [0.2, 0.25) is 0 Å². The Morgan fingerprint density at radius 1 is 1.37 bits per heavy atom. The van der Waals surface area contributed by atoms with Gasteiger partial charge in [0.25, 0.3) is 0 Å². The van der Waals surface area contributed by atoms with E-state index in [1.165, 1.54) is 11.3 Å². The molecule has 1 aromatic heterocycles. The lowest BCUT2D eigenvalue weighted by Crippen LogP contribution is -2.28. The molecule has 19 heavy (non-hydrogen) atoms. The molecule has 5 nitrogen and oxygen atoms in total. The molecule has 0 saturated heterocycles. The molecule has 1 heterocycles. The second kappa shape index (κ2) is 6.40. The van der Waals surface area contributed by atoms with Crippen LogP contribution < -0.4 is 16.0 Å². The zero-order valence-corrected chi connectivity index (χ0v) is 11.8. The molecule has 0 aliphatic carbocycles. The maximum atomic E-state index is 11.7. The Labute approximate surface area is 120 Å². The molecular formula is C12H13ClN4OS. The minimum atomic E-state index is -0.277. The topological polar surface area (TPSA) is 66.0 Å². The number of carbonyl (C=O) groups excluding carboxylic acids is 1. The number of hydrogen-bond donors (Lipinski definition) is 3. The molecule has 1 aromatic carbocycles. The summed E-state index contributed by atoms with van der Waals surface area (Å²) in [5.41, 5.74) is 1.51. The van der Waals surface area contributed by atoms with Crippen LogP contribution in [-0.4, -0.2) is 18.1 Å². The summed E-state index contributed by atoms with van der Waals surface area (Å²) in [6.45, 7) is 0.387. The molecule has 0 atom stereocenters. The Morgan fingerprint density at radius 3 is 2.74 bits per heavy atom. The van der Waals surface area contributed by atoms with Crippen LogP contribution in [0, 0.1) is 0 Å². The highest BCUT2D eigenvalue weighted by atomic mass is 35.5. The van der Waals surface area contributed by atoms with Gasteiger partial charge in [-0.25, -0.2) is 9.78 Å². The Kier molecular flexibility index (Phi) is 4.59. The zero-order chi connectivity index (χ0) is 13.7. The van der Waals surface area contributed by atoms with Gasteiger partial charge in [0, 0.05) is 23.1 Å². The number of aromatic nitrogens is 1. The van der Waals surface area contributed by atoms with Crippen LogP contribution in [0.4, 0.5) is 15.6 Å². The van der Waals surface area contributed by atoms with E-state index < -0.39 is 0 Å². The number of thiazole rings is 1. The lowest BCUT2D eigenvalue weighted by Gasteiger charge is -2.06. The third kappa shape index (κ3) is 4.11. The Bertz CT molecular complexity index is 555. The number of anilines is 2. The van der Waals surface area contributed by atoms with Gasteiger partial charge in [-0.1, -0.05) is 11.6 Å². The zero-order valence-electron chi connectivity index (χ0n) is 10.2. The summed E-state index contributed by atoms with van der Waals surface area (Å²) in [6.07, 6.45) is 0. The van der Waals surface area contributed by atoms with Gasteiger partial charge in [-0.15, -0.1) is 11.3 Å². The van der Waals surface area contributed by atoms with Crippen molar-refractivity contribution >= 4 is 39.8 Å². The van der Waals surface area contributed by atoms with E-state index in [0.29, 0.717) is 17.3 Å². The minimum Gasteiger partial charge on any atom is -0.365 e. The number of urea groups is 1. The largest absolute Gasteiger partial charge is 0.365 e. The van der Waals surface area contributed by atoms with Crippen LogP contribution in [0.2, 0.25) is 5.02 Å². The van der Waals surface area contributed by atoms with Gasteiger partial charge in [-0.2, -0.15) is 0 Å². The fourth-order valence-corrected chi connectivity index (χ4v) is 2.18. The van der Waals surface area contributed by atoms with Crippen molar-refractivity contribution in [2.24, 2.45) is 0 Å². The predicted molar refractivity (Wildman–Crippen MR) is 79.0 cm³/mol. The van der Waals surface area contributed by atoms with Crippen molar-refractivity contribution in [3.8, 4) is 0 Å². The molecule has 0 unspecified atom stereocenters. The van der Waals surface area contributed by atoms with E-state index >= 15 is 0 Å². The second-order valence-electron chi connectivity index (χ2n) is 3.71. The third-order valence-electron chi connectivity index (χ3n) is 2.30. The van der Waals surface area contributed by atoms with Crippen LogP contribution in [0.15, 0.2) is 29.6 Å². The maximum absolute atomic E-state index is 11.7. The Balaban J connectivity index is 1.82. The van der Waals surface area contributed by atoms with Crippen LogP contribution in [0.1, 0.15) is 5.69 Å². The number of rotatable bonds is 4. The summed E-state index contributed by atoms with van der Waals surface area (Å²) in [6, 6.07) is 6.64. The summed E-state index contributed by atoms with van der Waals surface area (Å²) in [7, 11) is 1.81. The summed E-state index contributed by atoms with van der Waals surface area (Å²) in [4.78, 5) is 15.9. The summed E-state index contributed by atoms with van der Waals surface area (Å²) >= 11 is 7.26. The molecule has 0 radical (unpaired) electrons. The van der Waals surface area contributed by atoms with Crippen molar-refractivity contribution in [2.75, 3.05) is 17.7 Å². The molecule has 100 valence electrons. The predicted octanol–water partition coefficient (Wildman–Crippen LogP) is 3.16. The van der Waals surface area contributed by atoms with Crippen molar-refractivity contribution in [3.63, 3.8) is 0 Å². The quantitative estimate of drug-likeness (QED) is 0.812. The van der Waals surface area contributed by atoms with Crippen molar-refractivity contribution in [2.45, 2.75) is 6.54 Å². The molecule has 2 amide bonds. The maximum Gasteiger partial charge on any atom is 0.319 e. The second-order valence-corrected chi connectivity index (χ2v) is 5.00. The normalized spacial score (nSPS) is 10.0. The van der Waals surface area contributed by atoms with E-state index in [-0.39, 0.29) is 6.03 Å². The first-order chi connectivity index (χ1) is 9.17. The van der Waals surface area contributed by atoms with E-state index in [4.69, 9.17) is 11.6 Å². The number of hydrogen-bond acceptors (Lipinski definition) is 4. The van der Waals surface area contributed by atoms with Crippen LogP contribution in [0.25, 0.3) is 0 Å². The van der Waals surface area contributed by atoms with Gasteiger partial charge in [-0.05, 0) is 24.3 Å². The van der Waals surface area contributed by atoms with Gasteiger partial charge in [-0.3, -0.25) is 0 Å². The highest BCUT2D eigenvalue weighted by Gasteiger charge is 2.04. The minimum absolute atomic E-state index is 0.277. The Hall–Kier alpha value is -1.79. The number of amides is 2. The number of carbonyl (C=O) groups is 1. The van der Waals surface area contributed by atoms with Crippen molar-refractivity contribution < 1.29 is 4.79 Å². The Morgan fingerprint density at radius 2 is 2.11 bits per heavy atom. The lowest BCUT2D eigenvalue weighted by molar-refractivity contribution is 0.251. The molecule has 0 saturated carbocycles. The average molecular weight is 297 g/mol. The standard InChI is InChI=1S/C12H13ClN4OS/c1-14-12-17-10(7-19-12)6-15-11(18)16-9-4-2-8(13)3-5-9/h2-5,7H,6H2,1H3,(H,14,17)(H2,15,16,18). The molecule has 0 bridgehead atoms. The van der Waals surface area contributed by atoms with E-state index in [0.717, 1.165) is 10.8 Å². The van der Waals surface area contributed by atoms with Crippen LogP contribution in [0.5, 0.6) is 0 Å². The third-order valence-corrected chi connectivity index (χ3v) is 3.46. The first-order valence-corrected chi connectivity index (χ1v) is 6.85. The monoisotopic (exact) mass is 296 g/mol. The molecule has 0 spiro atoms. The number of nitrogens with zero attached hydrogens (tertiary/aromatic N) is 1. The van der Waals surface area contributed by atoms with Gasteiger partial charge >= 0.3 is 6.03 Å². The highest BCUT2D eigenvalue weighted by Crippen LogP contribution is 2.15. The fourth-order valence-electron chi connectivity index (χ4n) is 1.38. The SMILES string of the molecule is CNc1nc(CNC(=O)Nc2ccc(Cl)cc2)cs1. The molecule has 0 fully saturated rings. The number of benzene rings is 1. The first kappa shape index (κ1) is 13.6. The smallest absolute Gasteiger partial charge is 0.319 e.